The maximum Gasteiger partial charge on any atom is 0.294 e. The first-order valence-corrected chi connectivity index (χ1v) is 7.23. The second-order valence-corrected chi connectivity index (χ2v) is 4.95. The van der Waals surface area contributed by atoms with E-state index < -0.39 is 5.56 Å². The number of nitrogens with one attached hydrogen (secondary N) is 1. The summed E-state index contributed by atoms with van der Waals surface area (Å²) in [6, 6.07) is 5.25. The summed E-state index contributed by atoms with van der Waals surface area (Å²) < 4.78 is 10.8. The number of benzene rings is 1. The first-order valence-electron chi connectivity index (χ1n) is 7.23. The van der Waals surface area contributed by atoms with Crippen LogP contribution in [-0.2, 0) is 0 Å². The third-order valence-corrected chi connectivity index (χ3v) is 3.39. The van der Waals surface area contributed by atoms with Crippen LogP contribution in [0.15, 0.2) is 23.0 Å². The van der Waals surface area contributed by atoms with Crippen molar-refractivity contribution in [2.75, 3.05) is 13.7 Å². The minimum absolute atomic E-state index is 0.243. The Labute approximate surface area is 123 Å². The van der Waals surface area contributed by atoms with Gasteiger partial charge >= 0.3 is 0 Å². The molecule has 0 aliphatic carbocycles. The molecular weight excluding hydrogens is 270 g/mol. The fourth-order valence-corrected chi connectivity index (χ4v) is 2.21. The lowest BCUT2D eigenvalue weighted by molar-refractivity contribution is 0.291. The summed E-state index contributed by atoms with van der Waals surface area (Å²) in [7, 11) is 1.56. The highest BCUT2D eigenvalue weighted by Crippen LogP contribution is 2.32. The molecule has 21 heavy (non-hydrogen) atoms. The van der Waals surface area contributed by atoms with Gasteiger partial charge in [0.2, 0.25) is 5.75 Å². The molecule has 0 saturated carbocycles. The van der Waals surface area contributed by atoms with Gasteiger partial charge < -0.3 is 19.6 Å². The van der Waals surface area contributed by atoms with Crippen molar-refractivity contribution in [3.8, 4) is 17.2 Å². The van der Waals surface area contributed by atoms with Crippen LogP contribution in [0.2, 0.25) is 0 Å². The summed E-state index contributed by atoms with van der Waals surface area (Å²) in [5.41, 5.74) is 0.0278. The van der Waals surface area contributed by atoms with Gasteiger partial charge in [0.05, 0.1) is 19.2 Å². The van der Waals surface area contributed by atoms with Gasteiger partial charge in [-0.15, -0.1) is 0 Å². The quantitative estimate of drug-likeness (QED) is 0.768. The number of unbranched alkanes of at least 4 members (excludes halogenated alkanes) is 3. The van der Waals surface area contributed by atoms with Crippen LogP contribution in [0.25, 0.3) is 10.9 Å². The van der Waals surface area contributed by atoms with Gasteiger partial charge in [-0.05, 0) is 18.6 Å². The Balaban J connectivity index is 2.28. The van der Waals surface area contributed by atoms with Gasteiger partial charge in [0, 0.05) is 11.5 Å². The second-order valence-electron chi connectivity index (χ2n) is 4.95. The van der Waals surface area contributed by atoms with E-state index in [0.29, 0.717) is 23.3 Å². The lowest BCUT2D eigenvalue weighted by atomic mass is 10.2. The van der Waals surface area contributed by atoms with Crippen molar-refractivity contribution in [2.45, 2.75) is 32.6 Å². The fraction of sp³-hybridized carbons (Fsp3) is 0.438. The zero-order valence-corrected chi connectivity index (χ0v) is 12.4. The van der Waals surface area contributed by atoms with Gasteiger partial charge in [-0.1, -0.05) is 26.2 Å². The molecule has 1 heterocycles. The molecule has 0 aliphatic heterocycles. The molecule has 1 aromatic heterocycles. The Kier molecular flexibility index (Phi) is 5.09. The average Bonchev–Trinajstić information content (AvgIpc) is 2.50. The van der Waals surface area contributed by atoms with E-state index in [1.165, 1.54) is 0 Å². The third-order valence-electron chi connectivity index (χ3n) is 3.39. The SMILES string of the molecule is CCCCCCOc1c(O)c(=O)[nH]c2cc(OC)ccc12. The van der Waals surface area contributed by atoms with Gasteiger partial charge in [0.25, 0.3) is 5.56 Å². The van der Waals surface area contributed by atoms with Gasteiger partial charge in [-0.25, -0.2) is 0 Å². The molecule has 5 heteroatoms. The van der Waals surface area contributed by atoms with Crippen molar-refractivity contribution < 1.29 is 14.6 Å². The molecule has 0 fully saturated rings. The number of ether oxygens (including phenoxy) is 2. The Bertz CT molecular complexity index is 663. The number of aromatic nitrogens is 1. The number of aromatic hydroxyl groups is 1. The van der Waals surface area contributed by atoms with Crippen molar-refractivity contribution in [1.29, 1.82) is 0 Å². The number of aromatic amines is 1. The lowest BCUT2D eigenvalue weighted by Crippen LogP contribution is -2.09. The van der Waals surface area contributed by atoms with E-state index in [-0.39, 0.29) is 11.5 Å². The van der Waals surface area contributed by atoms with Gasteiger partial charge in [-0.3, -0.25) is 4.79 Å². The smallest absolute Gasteiger partial charge is 0.294 e. The molecule has 2 N–H and O–H groups in total. The van der Waals surface area contributed by atoms with Crippen LogP contribution in [-0.4, -0.2) is 23.8 Å². The van der Waals surface area contributed by atoms with E-state index in [1.54, 1.807) is 25.3 Å². The highest BCUT2D eigenvalue weighted by molar-refractivity contribution is 5.88. The van der Waals surface area contributed by atoms with Crippen LogP contribution < -0.4 is 15.0 Å². The highest BCUT2D eigenvalue weighted by Gasteiger charge is 2.13. The largest absolute Gasteiger partial charge is 0.500 e. The zero-order chi connectivity index (χ0) is 15.2. The predicted molar refractivity (Wildman–Crippen MR) is 82.4 cm³/mol. The van der Waals surface area contributed by atoms with Gasteiger partial charge in [-0.2, -0.15) is 0 Å². The number of rotatable bonds is 7. The third kappa shape index (κ3) is 3.48. The Morgan fingerprint density at radius 1 is 1.24 bits per heavy atom. The van der Waals surface area contributed by atoms with Crippen molar-refractivity contribution in [1.82, 2.24) is 4.98 Å². The summed E-state index contributed by atoms with van der Waals surface area (Å²) >= 11 is 0. The summed E-state index contributed by atoms with van der Waals surface area (Å²) in [5.74, 6) is 0.508. The highest BCUT2D eigenvalue weighted by atomic mass is 16.5. The van der Waals surface area contributed by atoms with Crippen LogP contribution in [0.5, 0.6) is 17.2 Å². The van der Waals surface area contributed by atoms with E-state index >= 15 is 0 Å². The Morgan fingerprint density at radius 3 is 2.76 bits per heavy atom. The molecule has 0 aliphatic rings. The van der Waals surface area contributed by atoms with E-state index in [2.05, 4.69) is 11.9 Å². The standard InChI is InChI=1S/C16H21NO4/c1-3-4-5-6-9-21-15-12-8-7-11(20-2)10-13(12)17-16(19)14(15)18/h7-8,10,18H,3-6,9H2,1-2H3,(H,17,19). The van der Waals surface area contributed by atoms with E-state index in [1.807, 2.05) is 0 Å². The number of H-pyrrole nitrogens is 1. The molecule has 0 spiro atoms. The summed E-state index contributed by atoms with van der Waals surface area (Å²) in [5, 5.41) is 10.6. The minimum Gasteiger partial charge on any atom is -0.500 e. The summed E-state index contributed by atoms with van der Waals surface area (Å²) in [6.45, 7) is 2.63. The van der Waals surface area contributed by atoms with E-state index in [4.69, 9.17) is 9.47 Å². The molecule has 0 atom stereocenters. The van der Waals surface area contributed by atoms with Crippen LogP contribution in [0.4, 0.5) is 0 Å². The monoisotopic (exact) mass is 291 g/mol. The van der Waals surface area contributed by atoms with Crippen molar-refractivity contribution >= 4 is 10.9 Å². The molecule has 0 bridgehead atoms. The minimum atomic E-state index is -0.556. The van der Waals surface area contributed by atoms with Gasteiger partial charge in [0.15, 0.2) is 5.75 Å². The van der Waals surface area contributed by atoms with E-state index in [0.717, 1.165) is 25.7 Å². The summed E-state index contributed by atoms with van der Waals surface area (Å²) in [6.07, 6.45) is 4.28. The summed E-state index contributed by atoms with van der Waals surface area (Å²) in [4.78, 5) is 14.4. The van der Waals surface area contributed by atoms with Crippen LogP contribution in [0, 0.1) is 0 Å². The Hall–Kier alpha value is -2.17. The maximum atomic E-state index is 11.8. The number of pyridine rings is 1. The molecule has 0 amide bonds. The molecule has 2 aromatic rings. The Morgan fingerprint density at radius 2 is 2.05 bits per heavy atom. The zero-order valence-electron chi connectivity index (χ0n) is 12.4. The van der Waals surface area contributed by atoms with E-state index in [9.17, 15) is 9.90 Å². The van der Waals surface area contributed by atoms with Crippen molar-refractivity contribution in [3.63, 3.8) is 0 Å². The number of fused-ring (bicyclic) bond motifs is 1. The number of hydrogen-bond donors (Lipinski definition) is 2. The molecule has 2 rings (SSSR count). The molecule has 5 nitrogen and oxygen atoms in total. The van der Waals surface area contributed by atoms with Crippen LogP contribution in [0.1, 0.15) is 32.6 Å². The maximum absolute atomic E-state index is 11.8. The molecular formula is C16H21NO4. The average molecular weight is 291 g/mol. The van der Waals surface area contributed by atoms with Crippen LogP contribution >= 0.6 is 0 Å². The molecule has 0 unspecified atom stereocenters. The first kappa shape index (κ1) is 15.2. The molecule has 0 radical (unpaired) electrons. The molecule has 1 aromatic carbocycles. The normalized spacial score (nSPS) is 10.8. The number of hydrogen-bond acceptors (Lipinski definition) is 4. The lowest BCUT2D eigenvalue weighted by Gasteiger charge is -2.11. The molecule has 114 valence electrons. The van der Waals surface area contributed by atoms with Crippen molar-refractivity contribution in [3.05, 3.63) is 28.6 Å². The second kappa shape index (κ2) is 7.02. The fourth-order valence-electron chi connectivity index (χ4n) is 2.21. The topological polar surface area (TPSA) is 71.5 Å². The number of methoxy groups -OCH3 is 1. The van der Waals surface area contributed by atoms with Crippen molar-refractivity contribution in [2.24, 2.45) is 0 Å². The molecule has 0 saturated heterocycles. The predicted octanol–water partition coefficient (Wildman–Crippen LogP) is 3.20. The first-order chi connectivity index (χ1) is 10.2. The van der Waals surface area contributed by atoms with Gasteiger partial charge in [0.1, 0.15) is 5.75 Å². The van der Waals surface area contributed by atoms with Crippen LogP contribution in [0.3, 0.4) is 0 Å².